The highest BCUT2D eigenvalue weighted by Gasteiger charge is 2.37. The highest BCUT2D eigenvalue weighted by molar-refractivity contribution is 8.18. The Labute approximate surface area is 242 Å². The van der Waals surface area contributed by atoms with E-state index in [0.29, 0.717) is 35.8 Å². The number of nitrogens with zero attached hydrogens (tertiary/aromatic N) is 2. The van der Waals surface area contributed by atoms with Gasteiger partial charge in [-0.25, -0.2) is 0 Å². The highest BCUT2D eigenvalue weighted by Crippen LogP contribution is 2.35. The Kier molecular flexibility index (Phi) is 8.39. The molecule has 2 aliphatic heterocycles. The van der Waals surface area contributed by atoms with Crippen LogP contribution in [-0.2, 0) is 27.3 Å². The number of ether oxygens (including phenoxy) is 2. The number of hydrogen-bond donors (Lipinski definition) is 1. The van der Waals surface area contributed by atoms with Crippen molar-refractivity contribution in [2.45, 2.75) is 19.9 Å². The lowest BCUT2D eigenvalue weighted by molar-refractivity contribution is -0.136. The third kappa shape index (κ3) is 6.60. The molecule has 3 aromatic rings. The van der Waals surface area contributed by atoms with Crippen molar-refractivity contribution < 1.29 is 28.7 Å². The first-order chi connectivity index (χ1) is 19.8. The fraction of sp³-hybridized carbons (Fsp3) is 0.226. The molecule has 2 heterocycles. The van der Waals surface area contributed by atoms with E-state index in [0.717, 1.165) is 34.2 Å². The van der Waals surface area contributed by atoms with Crippen molar-refractivity contribution >= 4 is 46.5 Å². The molecule has 0 saturated carbocycles. The van der Waals surface area contributed by atoms with Gasteiger partial charge >= 0.3 is 0 Å². The van der Waals surface area contributed by atoms with E-state index in [9.17, 15) is 19.2 Å². The average molecular weight is 572 g/mol. The van der Waals surface area contributed by atoms with E-state index in [4.69, 9.17) is 9.47 Å². The number of carbonyl (C=O) groups is 4. The van der Waals surface area contributed by atoms with Gasteiger partial charge in [-0.15, -0.1) is 0 Å². The van der Waals surface area contributed by atoms with Gasteiger partial charge in [-0.05, 0) is 72.1 Å². The molecule has 0 atom stereocenters. The van der Waals surface area contributed by atoms with Crippen LogP contribution >= 0.6 is 11.8 Å². The van der Waals surface area contributed by atoms with Gasteiger partial charge in [0, 0.05) is 18.8 Å². The molecular weight excluding hydrogens is 542 g/mol. The van der Waals surface area contributed by atoms with E-state index in [2.05, 4.69) is 11.4 Å². The van der Waals surface area contributed by atoms with E-state index in [-0.39, 0.29) is 29.9 Å². The molecule has 1 fully saturated rings. The van der Waals surface area contributed by atoms with Gasteiger partial charge in [0.15, 0.2) is 18.1 Å². The maximum absolute atomic E-state index is 13.0. The van der Waals surface area contributed by atoms with Crippen LogP contribution in [0.1, 0.15) is 22.3 Å². The summed E-state index contributed by atoms with van der Waals surface area (Å²) < 4.78 is 11.1. The van der Waals surface area contributed by atoms with Crippen molar-refractivity contribution in [3.63, 3.8) is 0 Å². The van der Waals surface area contributed by atoms with Crippen LogP contribution in [0, 0.1) is 6.92 Å². The van der Waals surface area contributed by atoms with E-state index in [1.807, 2.05) is 49.4 Å². The van der Waals surface area contributed by atoms with Crippen molar-refractivity contribution in [2.24, 2.45) is 0 Å². The number of anilines is 1. The first-order valence-electron chi connectivity index (χ1n) is 13.1. The molecule has 0 aliphatic carbocycles. The molecule has 41 heavy (non-hydrogen) atoms. The first kappa shape index (κ1) is 28.0. The number of fused-ring (bicyclic) bond motifs is 1. The number of amides is 4. The summed E-state index contributed by atoms with van der Waals surface area (Å²) in [6.45, 7) is 2.45. The number of rotatable bonds is 8. The zero-order chi connectivity index (χ0) is 28.9. The summed E-state index contributed by atoms with van der Waals surface area (Å²) in [6.07, 6.45) is 2.31. The molecule has 210 valence electrons. The minimum atomic E-state index is -0.516. The Bertz CT molecular complexity index is 1540. The van der Waals surface area contributed by atoms with Gasteiger partial charge in [0.25, 0.3) is 17.1 Å². The molecular formula is C31H29N3O6S. The number of aryl methyl sites for hydroxylation is 1. The molecule has 2 aliphatic rings. The molecule has 3 aromatic carbocycles. The molecule has 4 amide bonds. The summed E-state index contributed by atoms with van der Waals surface area (Å²) >= 11 is 0.790. The Morgan fingerprint density at radius 1 is 1.00 bits per heavy atom. The van der Waals surface area contributed by atoms with Gasteiger partial charge in [0.1, 0.15) is 6.54 Å². The minimum absolute atomic E-state index is 0.208. The molecule has 1 saturated heterocycles. The predicted molar refractivity (Wildman–Crippen MR) is 157 cm³/mol. The zero-order valence-electron chi connectivity index (χ0n) is 22.7. The van der Waals surface area contributed by atoms with Crippen LogP contribution in [0.3, 0.4) is 0 Å². The van der Waals surface area contributed by atoms with Crippen LogP contribution in [0.5, 0.6) is 11.5 Å². The van der Waals surface area contributed by atoms with E-state index in [1.54, 1.807) is 29.2 Å². The molecule has 0 aromatic heterocycles. The molecule has 9 nitrogen and oxygen atoms in total. The smallest absolute Gasteiger partial charge is 0.294 e. The van der Waals surface area contributed by atoms with Crippen LogP contribution in [0.4, 0.5) is 10.5 Å². The fourth-order valence-electron chi connectivity index (χ4n) is 4.60. The van der Waals surface area contributed by atoms with E-state index >= 15 is 0 Å². The lowest BCUT2D eigenvalue weighted by Gasteiger charge is -2.29. The molecule has 0 unspecified atom stereocenters. The van der Waals surface area contributed by atoms with Crippen LogP contribution in [0.25, 0.3) is 6.08 Å². The minimum Gasteiger partial charge on any atom is -0.493 e. The third-order valence-corrected chi connectivity index (χ3v) is 7.74. The van der Waals surface area contributed by atoms with Gasteiger partial charge in [-0.2, -0.15) is 0 Å². The Morgan fingerprint density at radius 2 is 1.76 bits per heavy atom. The zero-order valence-corrected chi connectivity index (χ0v) is 23.5. The molecule has 5 rings (SSSR count). The van der Waals surface area contributed by atoms with Gasteiger partial charge < -0.3 is 19.7 Å². The Morgan fingerprint density at radius 3 is 2.51 bits per heavy atom. The first-order valence-corrected chi connectivity index (χ1v) is 13.9. The molecule has 1 N–H and O–H groups in total. The fourth-order valence-corrected chi connectivity index (χ4v) is 5.44. The predicted octanol–water partition coefficient (Wildman–Crippen LogP) is 4.64. The normalized spacial score (nSPS) is 15.6. The van der Waals surface area contributed by atoms with Crippen molar-refractivity contribution in [3.05, 3.63) is 93.9 Å². The SMILES string of the molecule is COc1cc(/C=C2/SC(=O)N(CC(=O)N3CCc4ccccc4C3)C2=O)ccc1OCC(=O)Nc1ccc(C)cc1. The monoisotopic (exact) mass is 571 g/mol. The van der Waals surface area contributed by atoms with Crippen molar-refractivity contribution in [1.29, 1.82) is 0 Å². The second-order valence-electron chi connectivity index (χ2n) is 9.72. The number of thioether (sulfide) groups is 1. The maximum Gasteiger partial charge on any atom is 0.294 e. The third-order valence-electron chi connectivity index (χ3n) is 6.83. The summed E-state index contributed by atoms with van der Waals surface area (Å²) in [7, 11) is 1.47. The number of nitrogens with one attached hydrogen (secondary N) is 1. The largest absolute Gasteiger partial charge is 0.493 e. The number of hydrogen-bond acceptors (Lipinski definition) is 7. The lowest BCUT2D eigenvalue weighted by Crippen LogP contribution is -2.44. The number of methoxy groups -OCH3 is 1. The summed E-state index contributed by atoms with van der Waals surface area (Å²) in [5.74, 6) is -0.389. The number of carbonyl (C=O) groups excluding carboxylic acids is 4. The number of benzene rings is 3. The summed E-state index contributed by atoms with van der Waals surface area (Å²) in [5, 5.41) is 2.28. The van der Waals surface area contributed by atoms with Gasteiger partial charge in [-0.1, -0.05) is 48.0 Å². The Hall–Kier alpha value is -4.57. The molecule has 10 heteroatoms. The Balaban J connectivity index is 1.20. The van der Waals surface area contributed by atoms with Gasteiger partial charge in [-0.3, -0.25) is 24.1 Å². The quantitative estimate of drug-likeness (QED) is 0.393. The van der Waals surface area contributed by atoms with Crippen molar-refractivity contribution in [1.82, 2.24) is 9.80 Å². The van der Waals surface area contributed by atoms with Crippen LogP contribution in [-0.4, -0.2) is 59.6 Å². The average Bonchev–Trinajstić information content (AvgIpc) is 3.24. The summed E-state index contributed by atoms with van der Waals surface area (Å²) in [5.41, 5.74) is 4.65. The second kappa shape index (κ2) is 12.3. The summed E-state index contributed by atoms with van der Waals surface area (Å²) in [4.78, 5) is 53.8. The van der Waals surface area contributed by atoms with Crippen LogP contribution in [0.15, 0.2) is 71.6 Å². The van der Waals surface area contributed by atoms with Crippen molar-refractivity contribution in [3.8, 4) is 11.5 Å². The van der Waals surface area contributed by atoms with Crippen LogP contribution in [0.2, 0.25) is 0 Å². The van der Waals surface area contributed by atoms with Gasteiger partial charge in [0.2, 0.25) is 5.91 Å². The van der Waals surface area contributed by atoms with Gasteiger partial charge in [0.05, 0.1) is 12.0 Å². The topological polar surface area (TPSA) is 105 Å². The summed E-state index contributed by atoms with van der Waals surface area (Å²) in [6, 6.07) is 20.4. The number of imide groups is 1. The molecule has 0 spiro atoms. The standard InChI is InChI=1S/C31H29N3O6S/c1-20-7-10-24(11-8-20)32-28(35)19-40-25-12-9-21(15-26(25)39-2)16-27-30(37)34(31(38)41-27)18-29(36)33-14-13-22-5-3-4-6-23(22)17-33/h3-12,15-16H,13-14,17-19H2,1-2H3,(H,32,35)/b27-16+. The molecule has 0 bridgehead atoms. The van der Waals surface area contributed by atoms with Crippen LogP contribution < -0.4 is 14.8 Å². The van der Waals surface area contributed by atoms with E-state index in [1.165, 1.54) is 12.7 Å². The second-order valence-corrected chi connectivity index (χ2v) is 10.7. The van der Waals surface area contributed by atoms with Crippen molar-refractivity contribution in [2.75, 3.05) is 32.1 Å². The highest BCUT2D eigenvalue weighted by atomic mass is 32.2. The molecule has 0 radical (unpaired) electrons. The maximum atomic E-state index is 13.0. The van der Waals surface area contributed by atoms with E-state index < -0.39 is 11.1 Å². The lowest BCUT2D eigenvalue weighted by atomic mass is 10.00.